The van der Waals surface area contributed by atoms with E-state index in [9.17, 15) is 9.59 Å². The van der Waals surface area contributed by atoms with Crippen LogP contribution in [0.25, 0.3) is 0 Å². The van der Waals surface area contributed by atoms with Crippen LogP contribution >= 0.6 is 12.6 Å². The van der Waals surface area contributed by atoms with Gasteiger partial charge in [-0.2, -0.15) is 12.6 Å². The number of hydrogen-bond donors (Lipinski definition) is 3. The van der Waals surface area contributed by atoms with Crippen LogP contribution in [0, 0.1) is 0 Å². The quantitative estimate of drug-likeness (QED) is 0.569. The van der Waals surface area contributed by atoms with Crippen LogP contribution in [-0.4, -0.2) is 29.3 Å². The lowest BCUT2D eigenvalue weighted by molar-refractivity contribution is -0.137. The van der Waals surface area contributed by atoms with Crippen molar-refractivity contribution in [3.8, 4) is 0 Å². The van der Waals surface area contributed by atoms with Crippen molar-refractivity contribution in [2.75, 3.05) is 6.54 Å². The fourth-order valence-corrected chi connectivity index (χ4v) is 3.69. The highest BCUT2D eigenvalue weighted by molar-refractivity contribution is 7.80. The van der Waals surface area contributed by atoms with E-state index in [1.807, 2.05) is 6.07 Å². The minimum atomic E-state index is -0.289. The van der Waals surface area contributed by atoms with Crippen molar-refractivity contribution in [1.29, 1.82) is 0 Å². The van der Waals surface area contributed by atoms with Crippen molar-refractivity contribution < 1.29 is 9.59 Å². The van der Waals surface area contributed by atoms with Crippen LogP contribution < -0.4 is 11.1 Å². The van der Waals surface area contributed by atoms with Gasteiger partial charge < -0.3 is 5.73 Å². The van der Waals surface area contributed by atoms with Gasteiger partial charge in [-0.05, 0) is 36.1 Å². The summed E-state index contributed by atoms with van der Waals surface area (Å²) >= 11 is 4.69. The molecule has 0 radical (unpaired) electrons. The summed E-state index contributed by atoms with van der Waals surface area (Å²) in [5.74, 6) is -0.397. The van der Waals surface area contributed by atoms with Gasteiger partial charge in [0.2, 0.25) is 11.8 Å². The zero-order chi connectivity index (χ0) is 15.0. The fourth-order valence-electron chi connectivity index (χ4n) is 3.21. The Morgan fingerprint density at radius 1 is 1.38 bits per heavy atom. The molecule has 3 rings (SSSR count). The summed E-state index contributed by atoms with van der Waals surface area (Å²) in [6, 6.07) is 5.86. The Labute approximate surface area is 129 Å². The number of hydrogen-bond acceptors (Lipinski definition) is 5. The minimum absolute atomic E-state index is 0.110. The predicted molar refractivity (Wildman–Crippen MR) is 82.6 cm³/mol. The largest absolute Gasteiger partial charge is 0.330 e. The number of thiol groups is 1. The van der Waals surface area contributed by atoms with Crippen LogP contribution in [0.5, 0.6) is 0 Å². The predicted octanol–water partition coefficient (Wildman–Crippen LogP) is 0.737. The van der Waals surface area contributed by atoms with Crippen molar-refractivity contribution in [3.63, 3.8) is 0 Å². The summed E-state index contributed by atoms with van der Waals surface area (Å²) in [5, 5.41) is 2.31. The number of nitrogens with two attached hydrogens (primary N) is 1. The van der Waals surface area contributed by atoms with E-state index in [4.69, 9.17) is 5.73 Å². The molecule has 1 aromatic carbocycles. The van der Waals surface area contributed by atoms with Crippen molar-refractivity contribution in [2.45, 2.75) is 37.2 Å². The molecule has 3 N–H and O–H groups in total. The van der Waals surface area contributed by atoms with E-state index in [2.05, 4.69) is 35.0 Å². The molecule has 112 valence electrons. The maximum atomic E-state index is 12.1. The molecule has 1 saturated heterocycles. The van der Waals surface area contributed by atoms with Gasteiger partial charge in [-0.25, -0.2) is 0 Å². The lowest BCUT2D eigenvalue weighted by Crippen LogP contribution is -2.51. The first-order chi connectivity index (χ1) is 10.1. The van der Waals surface area contributed by atoms with Crippen LogP contribution in [0.15, 0.2) is 18.2 Å². The average molecular weight is 305 g/mol. The monoisotopic (exact) mass is 305 g/mol. The topological polar surface area (TPSA) is 75.4 Å². The molecule has 1 fully saturated rings. The molecule has 2 aliphatic rings. The standard InChI is InChI=1S/C15H19N3O2S/c16-7-6-9-2-1-3-10-11(9)8-18(15(10)21)12-4-5-13(19)17-14(12)20/h1-3,12,15,21H,4-8,16H2,(H,17,19,20). The van der Waals surface area contributed by atoms with Gasteiger partial charge >= 0.3 is 0 Å². The Morgan fingerprint density at radius 3 is 2.90 bits per heavy atom. The Bertz CT molecular complexity index is 590. The number of carbonyl (C=O) groups is 2. The van der Waals surface area contributed by atoms with Crippen LogP contribution in [0.3, 0.4) is 0 Å². The summed E-state index contributed by atoms with van der Waals surface area (Å²) in [4.78, 5) is 25.4. The van der Waals surface area contributed by atoms with Crippen LogP contribution in [-0.2, 0) is 22.6 Å². The van der Waals surface area contributed by atoms with E-state index in [1.165, 1.54) is 11.1 Å². The number of nitrogens with one attached hydrogen (secondary N) is 1. The molecule has 0 aliphatic carbocycles. The third-order valence-electron chi connectivity index (χ3n) is 4.27. The zero-order valence-corrected chi connectivity index (χ0v) is 12.6. The number of carbonyl (C=O) groups excluding carboxylic acids is 2. The van der Waals surface area contributed by atoms with E-state index < -0.39 is 0 Å². The smallest absolute Gasteiger partial charge is 0.243 e. The summed E-state index contributed by atoms with van der Waals surface area (Å²) in [7, 11) is 0. The maximum Gasteiger partial charge on any atom is 0.243 e. The Balaban J connectivity index is 1.86. The molecule has 1 aromatic rings. The zero-order valence-electron chi connectivity index (χ0n) is 11.7. The Hall–Kier alpha value is -1.37. The van der Waals surface area contributed by atoms with Crippen LogP contribution in [0.1, 0.15) is 34.9 Å². The number of fused-ring (bicyclic) bond motifs is 1. The number of rotatable bonds is 3. The summed E-state index contributed by atoms with van der Waals surface area (Å²) in [5.41, 5.74) is 9.27. The molecule has 0 spiro atoms. The van der Waals surface area contributed by atoms with Crippen LogP contribution in [0.4, 0.5) is 0 Å². The molecule has 2 amide bonds. The second-order valence-corrected chi connectivity index (χ2v) is 6.03. The molecule has 2 unspecified atom stereocenters. The van der Waals surface area contributed by atoms with Crippen molar-refractivity contribution in [3.05, 3.63) is 34.9 Å². The highest BCUT2D eigenvalue weighted by Crippen LogP contribution is 2.40. The van der Waals surface area contributed by atoms with Crippen LogP contribution in [0.2, 0.25) is 0 Å². The highest BCUT2D eigenvalue weighted by atomic mass is 32.1. The lowest BCUT2D eigenvalue weighted by Gasteiger charge is -2.32. The van der Waals surface area contributed by atoms with Gasteiger partial charge in [-0.1, -0.05) is 18.2 Å². The third-order valence-corrected chi connectivity index (χ3v) is 4.84. The fraction of sp³-hybridized carbons (Fsp3) is 0.467. The summed E-state index contributed by atoms with van der Waals surface area (Å²) in [6.07, 6.45) is 1.77. The van der Waals surface area contributed by atoms with E-state index in [0.29, 0.717) is 25.9 Å². The van der Waals surface area contributed by atoms with Crippen molar-refractivity contribution in [1.82, 2.24) is 10.2 Å². The minimum Gasteiger partial charge on any atom is -0.330 e. The van der Waals surface area contributed by atoms with Gasteiger partial charge in [-0.3, -0.25) is 19.8 Å². The number of piperidine rings is 1. The van der Waals surface area contributed by atoms with Gasteiger partial charge in [-0.15, -0.1) is 0 Å². The molecule has 0 bridgehead atoms. The second kappa shape index (κ2) is 5.79. The Kier molecular flexibility index (Phi) is 4.01. The molecule has 6 heteroatoms. The molecule has 0 saturated carbocycles. The van der Waals surface area contributed by atoms with E-state index in [-0.39, 0.29) is 23.2 Å². The number of amides is 2. The third kappa shape index (κ3) is 2.59. The SMILES string of the molecule is NCCc1cccc2c1CN(C1CCC(=O)NC1=O)C2S. The molecular formula is C15H19N3O2S. The molecular weight excluding hydrogens is 286 g/mol. The van der Waals surface area contributed by atoms with E-state index in [1.54, 1.807) is 0 Å². The van der Waals surface area contributed by atoms with Gasteiger partial charge in [0.25, 0.3) is 0 Å². The molecule has 2 atom stereocenters. The van der Waals surface area contributed by atoms with Gasteiger partial charge in [0.1, 0.15) is 0 Å². The number of benzene rings is 1. The first-order valence-corrected chi connectivity index (χ1v) is 7.71. The first-order valence-electron chi connectivity index (χ1n) is 7.20. The van der Waals surface area contributed by atoms with Crippen molar-refractivity contribution >= 4 is 24.4 Å². The highest BCUT2D eigenvalue weighted by Gasteiger charge is 2.39. The van der Waals surface area contributed by atoms with Gasteiger partial charge in [0, 0.05) is 13.0 Å². The van der Waals surface area contributed by atoms with Gasteiger partial charge in [0.15, 0.2) is 0 Å². The maximum absolute atomic E-state index is 12.1. The lowest BCUT2D eigenvalue weighted by atomic mass is 10.0. The second-order valence-electron chi connectivity index (χ2n) is 5.54. The molecule has 21 heavy (non-hydrogen) atoms. The normalized spacial score (nSPS) is 25.8. The number of imide groups is 1. The van der Waals surface area contributed by atoms with E-state index >= 15 is 0 Å². The number of nitrogens with zero attached hydrogens (tertiary/aromatic N) is 1. The first kappa shape index (κ1) is 14.6. The molecule has 0 aromatic heterocycles. The average Bonchev–Trinajstić information content (AvgIpc) is 2.78. The van der Waals surface area contributed by atoms with Crippen molar-refractivity contribution in [2.24, 2.45) is 5.73 Å². The van der Waals surface area contributed by atoms with E-state index in [0.717, 1.165) is 12.0 Å². The molecule has 2 heterocycles. The van der Waals surface area contributed by atoms with Gasteiger partial charge in [0.05, 0.1) is 11.4 Å². The summed E-state index contributed by atoms with van der Waals surface area (Å²) < 4.78 is 0. The molecule has 2 aliphatic heterocycles. The Morgan fingerprint density at radius 2 is 2.19 bits per heavy atom. The summed E-state index contributed by atoms with van der Waals surface area (Å²) in [6.45, 7) is 1.29. The molecule has 5 nitrogen and oxygen atoms in total.